The van der Waals surface area contributed by atoms with E-state index in [-0.39, 0.29) is 5.69 Å². The van der Waals surface area contributed by atoms with Gasteiger partial charge in [-0.05, 0) is 121 Å². The summed E-state index contributed by atoms with van der Waals surface area (Å²) < 4.78 is 139. The molecule has 11 aromatic rings. The summed E-state index contributed by atoms with van der Waals surface area (Å²) in [6.07, 6.45) is 0. The Labute approximate surface area is 375 Å². The molecule has 0 saturated carbocycles. The fourth-order valence-corrected chi connectivity index (χ4v) is 8.97. The third-order valence-electron chi connectivity index (χ3n) is 10.5. The summed E-state index contributed by atoms with van der Waals surface area (Å²) in [4.78, 5) is 1.68. The number of hydrogen-bond acceptors (Lipinski definition) is 2. The molecule has 2 heteroatoms. The normalized spacial score (nSPS) is 14.8. The van der Waals surface area contributed by atoms with Gasteiger partial charge in [0, 0.05) is 31.5 Å². The molecule has 1 aromatic heterocycles. The summed E-state index contributed by atoms with van der Waals surface area (Å²) >= 11 is 1.58. The quantitative estimate of drug-likeness (QED) is 0.148. The van der Waals surface area contributed by atoms with Crippen LogP contribution in [0.1, 0.15) is 20.6 Å². The van der Waals surface area contributed by atoms with Gasteiger partial charge < -0.3 is 4.90 Å². The molecule has 0 N–H and O–H groups in total. The molecule has 0 unspecified atom stereocenters. The fraction of sp³-hybridized carbons (Fsp3) is 0. The first-order valence-corrected chi connectivity index (χ1v) is 20.1. The van der Waals surface area contributed by atoms with Gasteiger partial charge in [0.15, 0.2) is 0 Å². The highest BCUT2D eigenvalue weighted by atomic mass is 32.1. The molecule has 0 fully saturated rings. The van der Waals surface area contributed by atoms with Crippen LogP contribution in [0.2, 0.25) is 0 Å². The van der Waals surface area contributed by atoms with Crippen LogP contribution in [0, 0.1) is 0 Å². The Morgan fingerprint density at radius 3 is 1.63 bits per heavy atom. The monoisotopic (exact) mass is 796 g/mol. The summed E-state index contributed by atoms with van der Waals surface area (Å²) in [5.41, 5.74) is 4.17. The Kier molecular flexibility index (Phi) is 5.92. The minimum atomic E-state index is -0.811. The van der Waals surface area contributed by atoms with Gasteiger partial charge in [0.1, 0.15) is 0 Å². The van der Waals surface area contributed by atoms with Gasteiger partial charge in [0.05, 0.1) is 26.2 Å². The third kappa shape index (κ3) is 6.54. The molecule has 282 valence electrons. The molecule has 0 saturated heterocycles. The van der Waals surface area contributed by atoms with Crippen molar-refractivity contribution in [3.05, 3.63) is 236 Å². The van der Waals surface area contributed by atoms with Crippen LogP contribution in [0.3, 0.4) is 0 Å². The van der Waals surface area contributed by atoms with Crippen LogP contribution in [0.4, 0.5) is 17.1 Å². The minimum absolute atomic E-state index is 0.193. The van der Waals surface area contributed by atoms with Crippen molar-refractivity contribution in [3.8, 4) is 55.6 Å². The Hall–Kier alpha value is -7.52. The Bertz CT molecular complexity index is 4120. The molecular formula is C58H39NS. The zero-order chi connectivity index (χ0) is 52.9. The van der Waals surface area contributed by atoms with E-state index >= 15 is 0 Å². The van der Waals surface area contributed by atoms with Crippen molar-refractivity contribution in [2.24, 2.45) is 0 Å². The molecule has 0 radical (unpaired) electrons. The number of hydrogen-bond donors (Lipinski definition) is 0. The maximum atomic E-state index is 10.0. The molecule has 60 heavy (non-hydrogen) atoms. The SMILES string of the molecule is [2H]c1c([2H])c([2H])c(-c2c(-c3c([2H])c([2H])c(N(c4ccc(-c5cccc(-c6ccccc6)c5)cc4)c4ccc(-c5ccccc5)c5sc6ccccc6c45)c([2H])c3[2H])c([2H])c3c([2H])c([2H])c([2H])c([2H])c3c2[2H])c([2H])c1[2H]. The van der Waals surface area contributed by atoms with Crippen LogP contribution in [0.15, 0.2) is 236 Å². The van der Waals surface area contributed by atoms with E-state index in [1.165, 1.54) is 0 Å². The van der Waals surface area contributed by atoms with Crippen LogP contribution in [0.5, 0.6) is 0 Å². The molecular weight excluding hydrogens is 743 g/mol. The topological polar surface area (TPSA) is 3.24 Å². The summed E-state index contributed by atoms with van der Waals surface area (Å²) in [5.74, 6) is 0. The van der Waals surface area contributed by atoms with Crippen LogP contribution < -0.4 is 4.90 Å². The van der Waals surface area contributed by atoms with Gasteiger partial charge in [-0.25, -0.2) is 0 Å². The lowest BCUT2D eigenvalue weighted by Gasteiger charge is -2.27. The Morgan fingerprint density at radius 1 is 0.383 bits per heavy atom. The summed E-state index contributed by atoms with van der Waals surface area (Å²) in [7, 11) is 0. The zero-order valence-electron chi connectivity index (χ0n) is 46.7. The van der Waals surface area contributed by atoms with Crippen molar-refractivity contribution in [2.75, 3.05) is 4.90 Å². The van der Waals surface area contributed by atoms with Gasteiger partial charge >= 0.3 is 0 Å². The van der Waals surface area contributed by atoms with Gasteiger partial charge in [-0.2, -0.15) is 0 Å². The molecule has 11 rings (SSSR count). The van der Waals surface area contributed by atoms with Gasteiger partial charge in [0.2, 0.25) is 0 Å². The first-order valence-electron chi connectivity index (χ1n) is 26.8. The molecule has 1 nitrogen and oxygen atoms in total. The van der Waals surface area contributed by atoms with E-state index < -0.39 is 124 Å². The molecule has 1 heterocycles. The summed E-state index contributed by atoms with van der Waals surface area (Å²) in [6.45, 7) is 0. The van der Waals surface area contributed by atoms with Crippen molar-refractivity contribution in [3.63, 3.8) is 0 Å². The third-order valence-corrected chi connectivity index (χ3v) is 11.7. The molecule has 0 aliphatic heterocycles. The van der Waals surface area contributed by atoms with Crippen molar-refractivity contribution in [1.82, 2.24) is 0 Å². The van der Waals surface area contributed by atoms with Crippen molar-refractivity contribution in [2.45, 2.75) is 0 Å². The zero-order valence-corrected chi connectivity index (χ0v) is 32.5. The number of fused-ring (bicyclic) bond motifs is 4. The molecule has 10 aromatic carbocycles. The number of anilines is 3. The van der Waals surface area contributed by atoms with Crippen LogP contribution in [-0.2, 0) is 0 Å². The lowest BCUT2D eigenvalue weighted by Crippen LogP contribution is -2.10. The highest BCUT2D eigenvalue weighted by Crippen LogP contribution is 2.49. The number of benzene rings is 10. The molecule has 0 bridgehead atoms. The van der Waals surface area contributed by atoms with Crippen molar-refractivity contribution >= 4 is 59.3 Å². The van der Waals surface area contributed by atoms with E-state index in [2.05, 4.69) is 6.07 Å². The number of rotatable bonds is 8. The highest BCUT2D eigenvalue weighted by molar-refractivity contribution is 7.26. The van der Waals surface area contributed by atoms with E-state index in [1.54, 1.807) is 16.2 Å². The molecule has 0 amide bonds. The first kappa shape index (κ1) is 23.2. The van der Waals surface area contributed by atoms with Gasteiger partial charge in [0.25, 0.3) is 0 Å². The molecule has 0 spiro atoms. The number of thiophene rings is 1. The summed E-state index contributed by atoms with van der Waals surface area (Å²) in [6, 6.07) is 36.2. The first-order chi connectivity index (χ1) is 36.0. The smallest absolute Gasteiger partial charge is 0.0645 e. The maximum Gasteiger partial charge on any atom is 0.0645 e. The van der Waals surface area contributed by atoms with E-state index in [0.717, 1.165) is 53.6 Å². The molecule has 0 aliphatic carbocycles. The molecule has 0 aliphatic rings. The number of nitrogens with zero attached hydrogens (tertiary/aromatic N) is 1. The van der Waals surface area contributed by atoms with Gasteiger partial charge in [-0.1, -0.05) is 182 Å². The van der Waals surface area contributed by atoms with Crippen LogP contribution >= 0.6 is 11.3 Å². The second-order valence-electron chi connectivity index (χ2n) is 14.1. The molecule has 0 atom stereocenters. The van der Waals surface area contributed by atoms with Gasteiger partial charge in [-0.15, -0.1) is 11.3 Å². The Balaban J connectivity index is 1.22. The van der Waals surface area contributed by atoms with Crippen molar-refractivity contribution in [1.29, 1.82) is 0 Å². The lowest BCUT2D eigenvalue weighted by atomic mass is 9.91. The van der Waals surface area contributed by atoms with E-state index in [0.29, 0.717) is 11.4 Å². The predicted molar refractivity (Wildman–Crippen MR) is 259 cm³/mol. The van der Waals surface area contributed by atoms with Crippen molar-refractivity contribution < 1.29 is 20.6 Å². The largest absolute Gasteiger partial charge is 0.310 e. The Morgan fingerprint density at radius 2 is 0.950 bits per heavy atom. The maximum absolute atomic E-state index is 10.0. The predicted octanol–water partition coefficient (Wildman–Crippen LogP) is 17.0. The highest BCUT2D eigenvalue weighted by Gasteiger charge is 2.22. The lowest BCUT2D eigenvalue weighted by molar-refractivity contribution is 1.30. The average molecular weight is 797 g/mol. The second-order valence-corrected chi connectivity index (χ2v) is 15.2. The summed E-state index contributed by atoms with van der Waals surface area (Å²) in [5, 5.41) is 0.675. The van der Waals surface area contributed by atoms with Crippen LogP contribution in [-0.4, -0.2) is 0 Å². The fourth-order valence-electron chi connectivity index (χ4n) is 7.71. The van der Waals surface area contributed by atoms with E-state index in [1.807, 2.05) is 140 Å². The van der Waals surface area contributed by atoms with E-state index in [4.69, 9.17) is 12.3 Å². The standard InChI is InChI=1S/C58H39NS/c1-4-15-40(16-5-1)45-23-14-24-46(37-45)41-27-31-49(32-28-41)59(55-36-35-51(42-17-6-2-7-18-42)58-57(55)52-25-12-13-26-56(52)60-58)50-33-29-44(30-34-50)54-39-48-22-11-10-21-47(48)38-53(54)43-19-8-3-9-20-43/h1-39H/i3D,8D,9D,10D,11D,19D,20D,21D,22D,29D,30D,33D,34D,38D,39D. The second kappa shape index (κ2) is 15.3. The van der Waals surface area contributed by atoms with Gasteiger partial charge in [-0.3, -0.25) is 0 Å². The average Bonchev–Trinajstić information content (AvgIpc) is 3.84. The minimum Gasteiger partial charge on any atom is -0.310 e. The van der Waals surface area contributed by atoms with E-state index in [9.17, 15) is 8.22 Å². The van der Waals surface area contributed by atoms with Crippen LogP contribution in [0.25, 0.3) is 86.6 Å².